The second-order valence-electron chi connectivity index (χ2n) is 3.87. The van der Waals surface area contributed by atoms with E-state index in [0.29, 0.717) is 0 Å². The van der Waals surface area contributed by atoms with Crippen LogP contribution in [0.5, 0.6) is 0 Å². The average Bonchev–Trinajstić information content (AvgIpc) is 2.31. The first-order valence-electron chi connectivity index (χ1n) is 5.27. The van der Waals surface area contributed by atoms with Crippen LogP contribution in [0.15, 0.2) is 54.6 Å². The molecule has 0 radical (unpaired) electrons. The Labute approximate surface area is 86.0 Å². The predicted octanol–water partition coefficient (Wildman–Crippen LogP) is 3.85. The van der Waals surface area contributed by atoms with E-state index in [2.05, 4.69) is 61.6 Å². The van der Waals surface area contributed by atoms with E-state index < -0.39 is 0 Å². The summed E-state index contributed by atoms with van der Waals surface area (Å²) < 4.78 is 0. The van der Waals surface area contributed by atoms with Crippen molar-refractivity contribution >= 4 is 0 Å². The van der Waals surface area contributed by atoms with E-state index in [9.17, 15) is 0 Å². The lowest BCUT2D eigenvalue weighted by Gasteiger charge is -2.30. The second kappa shape index (κ2) is 3.83. The molecule has 1 aliphatic carbocycles. The van der Waals surface area contributed by atoms with E-state index in [4.69, 9.17) is 0 Å². The van der Waals surface area contributed by atoms with Crippen molar-refractivity contribution in [2.45, 2.75) is 25.2 Å². The summed E-state index contributed by atoms with van der Waals surface area (Å²) in [4.78, 5) is 0. The molecule has 1 aromatic carbocycles. The molecule has 1 aliphatic rings. The van der Waals surface area contributed by atoms with Crippen molar-refractivity contribution in [2.24, 2.45) is 0 Å². The summed E-state index contributed by atoms with van der Waals surface area (Å²) in [5.74, 6) is 0. The number of hydrogen-bond acceptors (Lipinski definition) is 0. The van der Waals surface area contributed by atoms with Crippen LogP contribution in [0.3, 0.4) is 0 Å². The molecule has 0 fully saturated rings. The molecular weight excluding hydrogens is 168 g/mol. The van der Waals surface area contributed by atoms with Gasteiger partial charge < -0.3 is 0 Å². The van der Waals surface area contributed by atoms with Gasteiger partial charge in [-0.25, -0.2) is 0 Å². The molecule has 0 amide bonds. The minimum atomic E-state index is 0.246. The van der Waals surface area contributed by atoms with Gasteiger partial charge in [0.25, 0.3) is 0 Å². The van der Waals surface area contributed by atoms with Gasteiger partial charge in [-0.3, -0.25) is 0 Å². The fourth-order valence-corrected chi connectivity index (χ4v) is 2.12. The van der Waals surface area contributed by atoms with Gasteiger partial charge in [0.2, 0.25) is 0 Å². The first-order chi connectivity index (χ1) is 6.87. The van der Waals surface area contributed by atoms with Crippen LogP contribution in [0, 0.1) is 0 Å². The highest BCUT2D eigenvalue weighted by molar-refractivity contribution is 5.35. The zero-order chi connectivity index (χ0) is 9.86. The summed E-state index contributed by atoms with van der Waals surface area (Å²) in [6.45, 7) is 2.26. The second-order valence-corrected chi connectivity index (χ2v) is 3.87. The van der Waals surface area contributed by atoms with E-state index in [0.717, 1.165) is 12.8 Å². The lowest BCUT2D eigenvalue weighted by molar-refractivity contribution is 0.518. The molecule has 0 heterocycles. The fraction of sp³-hybridized carbons (Fsp3) is 0.286. The molecule has 0 N–H and O–H groups in total. The van der Waals surface area contributed by atoms with Gasteiger partial charge >= 0.3 is 0 Å². The van der Waals surface area contributed by atoms with Crippen molar-refractivity contribution in [2.75, 3.05) is 0 Å². The lowest BCUT2D eigenvalue weighted by Crippen LogP contribution is -2.22. The summed E-state index contributed by atoms with van der Waals surface area (Å²) in [5.41, 5.74) is 1.68. The van der Waals surface area contributed by atoms with Gasteiger partial charge in [-0.05, 0) is 18.4 Å². The molecule has 1 atom stereocenters. The number of rotatable bonds is 2. The van der Waals surface area contributed by atoms with Crippen molar-refractivity contribution in [3.05, 3.63) is 60.2 Å². The van der Waals surface area contributed by atoms with Gasteiger partial charge in [0.1, 0.15) is 0 Å². The average molecular weight is 184 g/mol. The molecule has 0 spiro atoms. The summed E-state index contributed by atoms with van der Waals surface area (Å²) >= 11 is 0. The summed E-state index contributed by atoms with van der Waals surface area (Å²) in [5, 5.41) is 0. The van der Waals surface area contributed by atoms with Crippen LogP contribution in [-0.4, -0.2) is 0 Å². The molecule has 72 valence electrons. The van der Waals surface area contributed by atoms with Crippen molar-refractivity contribution in [3.63, 3.8) is 0 Å². The highest BCUT2D eigenvalue weighted by atomic mass is 14.3. The smallest absolute Gasteiger partial charge is 0.0167 e. The number of hydrogen-bond donors (Lipinski definition) is 0. The largest absolute Gasteiger partial charge is 0.0833 e. The Hall–Kier alpha value is -1.30. The maximum atomic E-state index is 2.34. The monoisotopic (exact) mass is 184 g/mol. The van der Waals surface area contributed by atoms with Crippen molar-refractivity contribution in [1.29, 1.82) is 0 Å². The van der Waals surface area contributed by atoms with E-state index in [1.807, 2.05) is 0 Å². The highest BCUT2D eigenvalue weighted by Gasteiger charge is 2.26. The topological polar surface area (TPSA) is 0 Å². The SMILES string of the molecule is CCC1(c2ccccc2)C=CC=CC1. The lowest BCUT2D eigenvalue weighted by atomic mass is 9.73. The van der Waals surface area contributed by atoms with Crippen LogP contribution in [0.25, 0.3) is 0 Å². The van der Waals surface area contributed by atoms with Crippen LogP contribution in [-0.2, 0) is 5.41 Å². The number of benzene rings is 1. The molecule has 0 bridgehead atoms. The van der Waals surface area contributed by atoms with Crippen molar-refractivity contribution in [1.82, 2.24) is 0 Å². The molecule has 0 heteroatoms. The minimum absolute atomic E-state index is 0.246. The van der Waals surface area contributed by atoms with Crippen LogP contribution in [0.4, 0.5) is 0 Å². The standard InChI is InChI=1S/C14H16/c1-2-14(11-7-4-8-12-14)13-9-5-3-6-10-13/h3-11H,2,12H2,1H3. The van der Waals surface area contributed by atoms with Gasteiger partial charge in [-0.15, -0.1) is 0 Å². The van der Waals surface area contributed by atoms with E-state index in [-0.39, 0.29) is 5.41 Å². The molecule has 0 aliphatic heterocycles. The normalized spacial score (nSPS) is 25.2. The Kier molecular flexibility index (Phi) is 2.53. The van der Waals surface area contributed by atoms with Gasteiger partial charge in [0, 0.05) is 5.41 Å². The maximum absolute atomic E-state index is 2.34. The Balaban J connectivity index is 2.39. The maximum Gasteiger partial charge on any atom is 0.0167 e. The molecular formula is C14H16. The summed E-state index contributed by atoms with van der Waals surface area (Å²) in [7, 11) is 0. The van der Waals surface area contributed by atoms with Crippen LogP contribution in [0.1, 0.15) is 25.3 Å². The molecule has 0 aromatic heterocycles. The van der Waals surface area contributed by atoms with Crippen LogP contribution < -0.4 is 0 Å². The Bertz CT molecular complexity index is 346. The van der Waals surface area contributed by atoms with Crippen molar-refractivity contribution < 1.29 is 0 Å². The fourth-order valence-electron chi connectivity index (χ4n) is 2.12. The Morgan fingerprint density at radius 1 is 1.14 bits per heavy atom. The first kappa shape index (κ1) is 9.26. The zero-order valence-electron chi connectivity index (χ0n) is 8.61. The third kappa shape index (κ3) is 1.52. The summed E-state index contributed by atoms with van der Waals surface area (Å²) in [6.07, 6.45) is 11.2. The van der Waals surface area contributed by atoms with Gasteiger partial charge in [0.15, 0.2) is 0 Å². The quantitative estimate of drug-likeness (QED) is 0.655. The van der Waals surface area contributed by atoms with E-state index >= 15 is 0 Å². The third-order valence-corrected chi connectivity index (χ3v) is 3.12. The first-order valence-corrected chi connectivity index (χ1v) is 5.27. The molecule has 1 unspecified atom stereocenters. The van der Waals surface area contributed by atoms with Gasteiger partial charge in [-0.1, -0.05) is 61.6 Å². The van der Waals surface area contributed by atoms with Gasteiger partial charge in [0.05, 0.1) is 0 Å². The number of allylic oxidation sites excluding steroid dienone is 4. The molecule has 0 saturated carbocycles. The zero-order valence-corrected chi connectivity index (χ0v) is 8.61. The molecule has 2 rings (SSSR count). The highest BCUT2D eigenvalue weighted by Crippen LogP contribution is 2.35. The van der Waals surface area contributed by atoms with Crippen molar-refractivity contribution in [3.8, 4) is 0 Å². The van der Waals surface area contributed by atoms with Crippen LogP contribution >= 0.6 is 0 Å². The van der Waals surface area contributed by atoms with Gasteiger partial charge in [-0.2, -0.15) is 0 Å². The minimum Gasteiger partial charge on any atom is -0.0833 e. The molecule has 1 aromatic rings. The van der Waals surface area contributed by atoms with E-state index in [1.54, 1.807) is 0 Å². The predicted molar refractivity (Wildman–Crippen MR) is 61.3 cm³/mol. The molecule has 0 nitrogen and oxygen atoms in total. The van der Waals surface area contributed by atoms with E-state index in [1.165, 1.54) is 5.56 Å². The molecule has 14 heavy (non-hydrogen) atoms. The Morgan fingerprint density at radius 3 is 2.50 bits per heavy atom. The summed E-state index contributed by atoms with van der Waals surface area (Å²) in [6, 6.07) is 10.8. The Morgan fingerprint density at radius 2 is 1.93 bits per heavy atom. The van der Waals surface area contributed by atoms with Crippen LogP contribution in [0.2, 0.25) is 0 Å². The molecule has 0 saturated heterocycles. The third-order valence-electron chi connectivity index (χ3n) is 3.12.